The van der Waals surface area contributed by atoms with Gasteiger partial charge in [0.15, 0.2) is 5.60 Å². The zero-order valence-corrected chi connectivity index (χ0v) is 15.7. The molecule has 6 nitrogen and oxygen atoms in total. The molecule has 0 unspecified atom stereocenters. The number of nitriles is 2. The number of aromatic nitrogens is 1. The highest BCUT2D eigenvalue weighted by Gasteiger charge is 2.35. The first-order chi connectivity index (χ1) is 14.0. The first-order valence-corrected chi connectivity index (χ1v) is 8.69. The second-order valence-corrected chi connectivity index (χ2v) is 6.93. The lowest BCUT2D eigenvalue weighted by atomic mass is 10.0. The summed E-state index contributed by atoms with van der Waals surface area (Å²) in [5.41, 5.74) is -2.74. The van der Waals surface area contributed by atoms with Gasteiger partial charge < -0.3 is 15.0 Å². The molecule has 0 bridgehead atoms. The van der Waals surface area contributed by atoms with Crippen molar-refractivity contribution in [3.8, 4) is 12.1 Å². The summed E-state index contributed by atoms with van der Waals surface area (Å²) in [5, 5.41) is 31.5. The lowest BCUT2D eigenvalue weighted by Crippen LogP contribution is -2.43. The normalized spacial score (nSPS) is 13.3. The molecule has 1 amide bonds. The molecule has 9 heteroatoms. The lowest BCUT2D eigenvalue weighted by Gasteiger charge is -2.24. The summed E-state index contributed by atoms with van der Waals surface area (Å²) in [6, 6.07) is 12.9. The highest BCUT2D eigenvalue weighted by molar-refractivity contribution is 5.97. The molecule has 0 fully saturated rings. The van der Waals surface area contributed by atoms with Gasteiger partial charge in [0.1, 0.15) is 0 Å². The minimum absolute atomic E-state index is 0.170. The number of carbonyl (C=O) groups is 1. The number of amides is 1. The van der Waals surface area contributed by atoms with Gasteiger partial charge in [0.05, 0.1) is 35.4 Å². The molecule has 30 heavy (non-hydrogen) atoms. The maximum Gasteiger partial charge on any atom is 0.417 e. The van der Waals surface area contributed by atoms with Crippen molar-refractivity contribution >= 4 is 22.5 Å². The van der Waals surface area contributed by atoms with Crippen LogP contribution in [0.5, 0.6) is 0 Å². The molecule has 3 aromatic rings. The van der Waals surface area contributed by atoms with Crippen LogP contribution < -0.4 is 5.32 Å². The number of benzene rings is 2. The standard InChI is InChI=1S/C21H15F3N4O2/c1-20(30,12-28-7-6-14-8-13(10-25)2-5-18(14)28)19(29)27-16-4-3-15(11-26)17(9-16)21(22,23)24/h2-9,30H,12H2,1H3,(H,27,29)/t20-/m0/s1. The Bertz CT molecular complexity index is 1210. The summed E-state index contributed by atoms with van der Waals surface area (Å²) < 4.78 is 40.9. The van der Waals surface area contributed by atoms with Crippen LogP contribution in [0.3, 0.4) is 0 Å². The summed E-state index contributed by atoms with van der Waals surface area (Å²) >= 11 is 0. The Morgan fingerprint density at radius 3 is 2.50 bits per heavy atom. The molecular formula is C21H15F3N4O2. The minimum atomic E-state index is -4.76. The van der Waals surface area contributed by atoms with Crippen molar-refractivity contribution in [1.82, 2.24) is 4.57 Å². The number of alkyl halides is 3. The zero-order chi connectivity index (χ0) is 22.1. The van der Waals surface area contributed by atoms with E-state index in [1.165, 1.54) is 13.0 Å². The van der Waals surface area contributed by atoms with Crippen LogP contribution in [0.15, 0.2) is 48.7 Å². The fourth-order valence-corrected chi connectivity index (χ4v) is 3.03. The molecule has 0 aliphatic heterocycles. The van der Waals surface area contributed by atoms with E-state index in [1.54, 1.807) is 35.0 Å². The summed E-state index contributed by atoms with van der Waals surface area (Å²) in [6.45, 7) is 1.07. The van der Waals surface area contributed by atoms with Crippen LogP contribution in [-0.2, 0) is 17.5 Å². The molecular weight excluding hydrogens is 397 g/mol. The molecule has 1 atom stereocenters. The van der Waals surface area contributed by atoms with Gasteiger partial charge in [0.2, 0.25) is 0 Å². The van der Waals surface area contributed by atoms with Gasteiger partial charge in [0.25, 0.3) is 5.91 Å². The van der Waals surface area contributed by atoms with Crippen LogP contribution in [-0.4, -0.2) is 21.2 Å². The molecule has 1 heterocycles. The molecule has 0 radical (unpaired) electrons. The first kappa shape index (κ1) is 20.9. The third kappa shape index (κ3) is 4.12. The summed E-state index contributed by atoms with van der Waals surface area (Å²) in [6.07, 6.45) is -3.13. The van der Waals surface area contributed by atoms with E-state index in [9.17, 15) is 23.1 Å². The molecule has 3 rings (SSSR count). The van der Waals surface area contributed by atoms with Gasteiger partial charge in [-0.2, -0.15) is 23.7 Å². The van der Waals surface area contributed by atoms with Crippen molar-refractivity contribution in [2.75, 3.05) is 5.32 Å². The first-order valence-electron chi connectivity index (χ1n) is 8.69. The smallest absolute Gasteiger partial charge is 0.378 e. The maximum atomic E-state index is 13.1. The number of carbonyl (C=O) groups excluding carboxylic acids is 1. The maximum absolute atomic E-state index is 13.1. The predicted octanol–water partition coefficient (Wildman–Crippen LogP) is 3.79. The third-order valence-electron chi connectivity index (χ3n) is 4.57. The van der Waals surface area contributed by atoms with Crippen molar-refractivity contribution in [1.29, 1.82) is 10.5 Å². The van der Waals surface area contributed by atoms with E-state index < -0.39 is 28.8 Å². The number of fused-ring (bicyclic) bond motifs is 1. The van der Waals surface area contributed by atoms with E-state index in [0.29, 0.717) is 17.1 Å². The Hall–Kier alpha value is -3.82. The van der Waals surface area contributed by atoms with Crippen molar-refractivity contribution < 1.29 is 23.1 Å². The Kier molecular flexibility index (Phi) is 5.26. The van der Waals surface area contributed by atoms with E-state index in [2.05, 4.69) is 5.32 Å². The fraction of sp³-hybridized carbons (Fsp3) is 0.190. The van der Waals surface area contributed by atoms with Crippen LogP contribution in [0.4, 0.5) is 18.9 Å². The van der Waals surface area contributed by atoms with Gasteiger partial charge in [-0.25, -0.2) is 0 Å². The van der Waals surface area contributed by atoms with Crippen molar-refractivity contribution in [2.24, 2.45) is 0 Å². The number of rotatable bonds is 4. The molecule has 0 saturated heterocycles. The number of halogens is 3. The molecule has 2 aromatic carbocycles. The van der Waals surface area contributed by atoms with Gasteiger partial charge in [0, 0.05) is 22.8 Å². The molecule has 1 aromatic heterocycles. The monoisotopic (exact) mass is 412 g/mol. The van der Waals surface area contributed by atoms with Crippen molar-refractivity contribution in [3.05, 3.63) is 65.4 Å². The van der Waals surface area contributed by atoms with Crippen LogP contribution in [0.2, 0.25) is 0 Å². The number of aliphatic hydroxyl groups is 1. The van der Waals surface area contributed by atoms with Crippen LogP contribution in [0.1, 0.15) is 23.6 Å². The SMILES string of the molecule is C[C@](O)(Cn1ccc2cc(C#N)ccc21)C(=O)Nc1ccc(C#N)c(C(F)(F)F)c1. The topological polar surface area (TPSA) is 102 Å². The second-order valence-electron chi connectivity index (χ2n) is 6.93. The van der Waals surface area contributed by atoms with Crippen LogP contribution >= 0.6 is 0 Å². The highest BCUT2D eigenvalue weighted by Crippen LogP contribution is 2.33. The fourth-order valence-electron chi connectivity index (χ4n) is 3.03. The lowest BCUT2D eigenvalue weighted by molar-refractivity contribution is -0.138. The molecule has 152 valence electrons. The average Bonchev–Trinajstić information content (AvgIpc) is 3.08. The minimum Gasteiger partial charge on any atom is -0.378 e. The Morgan fingerprint density at radius 1 is 1.13 bits per heavy atom. The molecule has 0 aliphatic rings. The van der Waals surface area contributed by atoms with Gasteiger partial charge >= 0.3 is 6.18 Å². The number of nitrogens with zero attached hydrogens (tertiary/aromatic N) is 3. The van der Waals surface area contributed by atoms with E-state index >= 15 is 0 Å². The third-order valence-corrected chi connectivity index (χ3v) is 4.57. The number of hydrogen-bond acceptors (Lipinski definition) is 4. The van der Waals surface area contributed by atoms with Gasteiger partial charge in [-0.05, 0) is 49.4 Å². The zero-order valence-electron chi connectivity index (χ0n) is 15.7. The molecule has 2 N–H and O–H groups in total. The van der Waals surface area contributed by atoms with Crippen LogP contribution in [0, 0.1) is 22.7 Å². The van der Waals surface area contributed by atoms with E-state index in [0.717, 1.165) is 17.5 Å². The summed E-state index contributed by atoms with van der Waals surface area (Å²) in [7, 11) is 0. The Labute approximate surface area is 169 Å². The van der Waals surface area contributed by atoms with Crippen molar-refractivity contribution in [2.45, 2.75) is 25.2 Å². The predicted molar refractivity (Wildman–Crippen MR) is 102 cm³/mol. The van der Waals surface area contributed by atoms with E-state index in [1.807, 2.05) is 6.07 Å². The largest absolute Gasteiger partial charge is 0.417 e. The molecule has 0 spiro atoms. The Morgan fingerprint density at radius 2 is 1.87 bits per heavy atom. The van der Waals surface area contributed by atoms with Crippen LogP contribution in [0.25, 0.3) is 10.9 Å². The van der Waals surface area contributed by atoms with Gasteiger partial charge in [-0.1, -0.05) is 0 Å². The summed E-state index contributed by atoms with van der Waals surface area (Å²) in [4.78, 5) is 12.5. The van der Waals surface area contributed by atoms with Crippen molar-refractivity contribution in [3.63, 3.8) is 0 Å². The molecule has 0 saturated carbocycles. The summed E-state index contributed by atoms with van der Waals surface area (Å²) in [5.74, 6) is -0.907. The average molecular weight is 412 g/mol. The molecule has 0 aliphatic carbocycles. The highest BCUT2D eigenvalue weighted by atomic mass is 19.4. The number of hydrogen-bond donors (Lipinski definition) is 2. The van der Waals surface area contributed by atoms with E-state index in [-0.39, 0.29) is 12.2 Å². The Balaban J connectivity index is 1.83. The number of nitrogens with one attached hydrogen (secondary N) is 1. The number of anilines is 1. The van der Waals surface area contributed by atoms with Gasteiger partial charge in [-0.3, -0.25) is 4.79 Å². The van der Waals surface area contributed by atoms with Gasteiger partial charge in [-0.15, -0.1) is 0 Å². The van der Waals surface area contributed by atoms with E-state index in [4.69, 9.17) is 10.5 Å². The second kappa shape index (κ2) is 7.54. The quantitative estimate of drug-likeness (QED) is 0.681.